The van der Waals surface area contributed by atoms with Gasteiger partial charge in [0.2, 0.25) is 0 Å². The summed E-state index contributed by atoms with van der Waals surface area (Å²) in [6.07, 6.45) is 0. The second-order valence-corrected chi connectivity index (χ2v) is 6.05. The lowest BCUT2D eigenvalue weighted by molar-refractivity contribution is -0.431. The average Bonchev–Trinajstić information content (AvgIpc) is 2.43. The first kappa shape index (κ1) is 26.8. The second-order valence-electron chi connectivity index (χ2n) is 5.57. The molecule has 0 aliphatic carbocycles. The summed E-state index contributed by atoms with van der Waals surface area (Å²) in [6, 6.07) is -1.48. The molecule has 0 saturated carbocycles. The van der Waals surface area contributed by atoms with Crippen LogP contribution >= 0.6 is 11.6 Å². The molecule has 0 fully saturated rings. The van der Waals surface area contributed by atoms with E-state index in [-0.39, 0.29) is 0 Å². The number of carbonyl (C=O) groups excluding carboxylic acids is 1. The largest absolute Gasteiger partial charge is 0.393 e. The number of nitrogens with one attached hydrogen (secondary N) is 1. The molecule has 0 aromatic heterocycles. The van der Waals surface area contributed by atoms with Gasteiger partial charge in [0, 0.05) is 6.04 Å². The molecular weight excluding hydrogens is 464 g/mol. The molecule has 0 saturated heterocycles. The van der Waals surface area contributed by atoms with E-state index < -0.39 is 52.9 Å². The van der Waals surface area contributed by atoms with E-state index in [1.54, 1.807) is 0 Å². The van der Waals surface area contributed by atoms with E-state index in [9.17, 15) is 66.3 Å². The standard InChI is InChI=1S/C11H8ClF14NO/c1-3(2)27-4(28)5(13,14)6(15,16)7(17,18)8(19,20)9(21,22)10(23,24)11(12,25)26/h3H,1-2H3,(H,27,28). The Morgan fingerprint density at radius 1 is 0.643 bits per heavy atom. The Labute approximate surface area is 151 Å². The molecule has 0 bridgehead atoms. The van der Waals surface area contributed by atoms with E-state index in [4.69, 9.17) is 0 Å². The molecule has 168 valence electrons. The second kappa shape index (κ2) is 6.93. The fourth-order valence-electron chi connectivity index (χ4n) is 1.46. The van der Waals surface area contributed by atoms with Crippen LogP contribution in [0.1, 0.15) is 13.8 Å². The van der Waals surface area contributed by atoms with Crippen LogP contribution < -0.4 is 5.32 Å². The van der Waals surface area contributed by atoms with Crippen LogP contribution in [0, 0.1) is 0 Å². The quantitative estimate of drug-likeness (QED) is 0.385. The first-order valence-electron chi connectivity index (χ1n) is 6.48. The monoisotopic (exact) mass is 471 g/mol. The number of carbonyl (C=O) groups is 1. The Balaban J connectivity index is 6.51. The Hall–Kier alpha value is -1.22. The zero-order chi connectivity index (χ0) is 23.4. The predicted molar refractivity (Wildman–Crippen MR) is 63.8 cm³/mol. The summed E-state index contributed by atoms with van der Waals surface area (Å²) in [5.74, 6) is -50.0. The van der Waals surface area contributed by atoms with Gasteiger partial charge in [0.25, 0.3) is 5.91 Å². The van der Waals surface area contributed by atoms with E-state index in [2.05, 4.69) is 11.6 Å². The Morgan fingerprint density at radius 2 is 0.929 bits per heavy atom. The number of rotatable bonds is 8. The van der Waals surface area contributed by atoms with Crippen molar-refractivity contribution in [3.05, 3.63) is 0 Å². The van der Waals surface area contributed by atoms with Crippen LogP contribution in [0.4, 0.5) is 61.5 Å². The van der Waals surface area contributed by atoms with Crippen LogP contribution in [0.25, 0.3) is 0 Å². The summed E-state index contributed by atoms with van der Waals surface area (Å²) >= 11 is 3.44. The van der Waals surface area contributed by atoms with E-state index in [0.717, 1.165) is 19.2 Å². The van der Waals surface area contributed by atoms with Crippen molar-refractivity contribution in [3.8, 4) is 0 Å². The number of amides is 1. The maximum Gasteiger partial charge on any atom is 0.393 e. The van der Waals surface area contributed by atoms with Crippen molar-refractivity contribution in [1.29, 1.82) is 0 Å². The number of halogens is 15. The van der Waals surface area contributed by atoms with Crippen molar-refractivity contribution < 1.29 is 66.3 Å². The number of hydrogen-bond acceptors (Lipinski definition) is 1. The zero-order valence-electron chi connectivity index (χ0n) is 13.2. The molecule has 0 atom stereocenters. The summed E-state index contributed by atoms with van der Waals surface area (Å²) in [5.41, 5.74) is 0. The molecule has 0 aromatic carbocycles. The van der Waals surface area contributed by atoms with Gasteiger partial charge in [-0.15, -0.1) is 0 Å². The molecule has 0 unspecified atom stereocenters. The van der Waals surface area contributed by atoms with Gasteiger partial charge in [-0.25, -0.2) is 0 Å². The van der Waals surface area contributed by atoms with Gasteiger partial charge in [-0.1, -0.05) is 0 Å². The lowest BCUT2D eigenvalue weighted by Gasteiger charge is -2.41. The first-order chi connectivity index (χ1) is 11.8. The lowest BCUT2D eigenvalue weighted by Crippen LogP contribution is -2.74. The van der Waals surface area contributed by atoms with Crippen molar-refractivity contribution in [2.45, 2.75) is 60.8 Å². The summed E-state index contributed by atoms with van der Waals surface area (Å²) < 4.78 is 183. The first-order valence-corrected chi connectivity index (χ1v) is 6.86. The van der Waals surface area contributed by atoms with Crippen molar-refractivity contribution in [2.24, 2.45) is 0 Å². The highest BCUT2D eigenvalue weighted by Gasteiger charge is 2.93. The highest BCUT2D eigenvalue weighted by Crippen LogP contribution is 2.62. The topological polar surface area (TPSA) is 29.1 Å². The van der Waals surface area contributed by atoms with E-state index in [0.29, 0.717) is 0 Å². The minimum atomic E-state index is -8.24. The summed E-state index contributed by atoms with van der Waals surface area (Å²) in [5, 5.41) is -5.81. The molecule has 1 N–H and O–H groups in total. The summed E-state index contributed by atoms with van der Waals surface area (Å²) in [4.78, 5) is 10.9. The molecule has 0 aliphatic rings. The zero-order valence-corrected chi connectivity index (χ0v) is 13.9. The van der Waals surface area contributed by atoms with Gasteiger partial charge in [0.05, 0.1) is 0 Å². The Morgan fingerprint density at radius 3 is 1.21 bits per heavy atom. The van der Waals surface area contributed by atoms with E-state index in [1.165, 1.54) is 0 Å². The van der Waals surface area contributed by atoms with Gasteiger partial charge in [-0.05, 0) is 25.4 Å². The van der Waals surface area contributed by atoms with Crippen molar-refractivity contribution in [2.75, 3.05) is 0 Å². The van der Waals surface area contributed by atoms with Gasteiger partial charge in [0.15, 0.2) is 0 Å². The van der Waals surface area contributed by atoms with Crippen LogP contribution in [0.2, 0.25) is 0 Å². The summed E-state index contributed by atoms with van der Waals surface area (Å²) in [7, 11) is 0. The van der Waals surface area contributed by atoms with Crippen molar-refractivity contribution in [1.82, 2.24) is 5.32 Å². The van der Waals surface area contributed by atoms with Gasteiger partial charge < -0.3 is 5.32 Å². The lowest BCUT2D eigenvalue weighted by atomic mass is 9.91. The average molecular weight is 472 g/mol. The van der Waals surface area contributed by atoms with Gasteiger partial charge in [-0.2, -0.15) is 61.5 Å². The molecule has 0 aliphatic heterocycles. The molecule has 1 amide bonds. The molecule has 0 rings (SSSR count). The fraction of sp³-hybridized carbons (Fsp3) is 0.909. The maximum absolute atomic E-state index is 13.4. The summed E-state index contributed by atoms with van der Waals surface area (Å²) in [6.45, 7) is 1.60. The molecule has 0 spiro atoms. The van der Waals surface area contributed by atoms with Crippen LogP contribution in [-0.4, -0.2) is 52.9 Å². The minimum absolute atomic E-state index is 0.802. The predicted octanol–water partition coefficient (Wildman–Crippen LogP) is 5.15. The van der Waals surface area contributed by atoms with Crippen LogP contribution in [0.5, 0.6) is 0 Å². The molecular formula is C11H8ClF14NO. The maximum atomic E-state index is 13.4. The molecule has 2 nitrogen and oxygen atoms in total. The number of hydrogen-bond donors (Lipinski definition) is 1. The number of alkyl halides is 15. The van der Waals surface area contributed by atoms with E-state index >= 15 is 0 Å². The third kappa shape index (κ3) is 3.56. The molecule has 17 heteroatoms. The third-order valence-electron chi connectivity index (χ3n) is 3.03. The van der Waals surface area contributed by atoms with Crippen LogP contribution in [0.3, 0.4) is 0 Å². The highest BCUT2D eigenvalue weighted by atomic mass is 35.5. The third-order valence-corrected chi connectivity index (χ3v) is 3.27. The fourth-order valence-corrected chi connectivity index (χ4v) is 1.58. The van der Waals surface area contributed by atoms with Crippen LogP contribution in [0.15, 0.2) is 0 Å². The molecule has 0 aromatic rings. The smallest absolute Gasteiger partial charge is 0.348 e. The minimum Gasteiger partial charge on any atom is -0.348 e. The molecule has 0 heterocycles. The van der Waals surface area contributed by atoms with Crippen LogP contribution in [-0.2, 0) is 4.79 Å². The van der Waals surface area contributed by atoms with E-state index in [1.807, 2.05) is 0 Å². The Bertz CT molecular complexity index is 597. The highest BCUT2D eigenvalue weighted by molar-refractivity contribution is 6.22. The molecule has 0 radical (unpaired) electrons. The van der Waals surface area contributed by atoms with Gasteiger partial charge in [0.1, 0.15) is 0 Å². The van der Waals surface area contributed by atoms with Crippen molar-refractivity contribution >= 4 is 17.5 Å². The van der Waals surface area contributed by atoms with Gasteiger partial charge >= 0.3 is 40.9 Å². The normalized spacial score (nSPS) is 15.8. The SMILES string of the molecule is CC(C)NC(=O)C(F)(F)C(F)(F)C(F)(F)C(F)(F)C(F)(F)C(F)(F)C(F)(F)Cl. The van der Waals surface area contributed by atoms with Crippen molar-refractivity contribution in [3.63, 3.8) is 0 Å². The Kier molecular flexibility index (Phi) is 6.63. The van der Waals surface area contributed by atoms with Gasteiger partial charge in [-0.3, -0.25) is 4.79 Å². The molecule has 28 heavy (non-hydrogen) atoms.